The maximum atomic E-state index is 10.7. The summed E-state index contributed by atoms with van der Waals surface area (Å²) in [6.45, 7) is 2.69. The third-order valence-corrected chi connectivity index (χ3v) is 1.88. The van der Waals surface area contributed by atoms with Gasteiger partial charge in [0.2, 0.25) is 0 Å². The van der Waals surface area contributed by atoms with Gasteiger partial charge in [-0.25, -0.2) is 0 Å². The van der Waals surface area contributed by atoms with E-state index in [1.165, 1.54) is 18.3 Å². The first-order valence-corrected chi connectivity index (χ1v) is 5.86. The third-order valence-electron chi connectivity index (χ3n) is 1.14. The zero-order valence-electron chi connectivity index (χ0n) is 6.97. The van der Waals surface area contributed by atoms with Crippen molar-refractivity contribution < 1.29 is 27.8 Å². The third kappa shape index (κ3) is 10.6. The van der Waals surface area contributed by atoms with Crippen molar-refractivity contribution in [1.29, 1.82) is 0 Å². The summed E-state index contributed by atoms with van der Waals surface area (Å²) in [7, 11) is 0. The molecule has 0 radical (unpaired) electrons. The van der Waals surface area contributed by atoms with Gasteiger partial charge in [0.05, 0.1) is 0 Å². The topological polar surface area (TPSA) is 26.3 Å². The van der Waals surface area contributed by atoms with Gasteiger partial charge in [-0.05, 0) is 0 Å². The van der Waals surface area contributed by atoms with Crippen LogP contribution in [0.1, 0.15) is 26.2 Å². The normalized spacial score (nSPS) is 8.64. The van der Waals surface area contributed by atoms with Gasteiger partial charge in [0.15, 0.2) is 0 Å². The van der Waals surface area contributed by atoms with E-state index in [9.17, 15) is 4.79 Å². The molecule has 0 fully saturated rings. The van der Waals surface area contributed by atoms with E-state index >= 15 is 0 Å². The molecule has 0 amide bonds. The Morgan fingerprint density at radius 1 is 1.55 bits per heavy atom. The van der Waals surface area contributed by atoms with Gasteiger partial charge in [0, 0.05) is 0 Å². The maximum absolute atomic E-state index is 10.7. The summed E-state index contributed by atoms with van der Waals surface area (Å²) >= 11 is 1.18. The summed E-state index contributed by atoms with van der Waals surface area (Å²) in [5.41, 5.74) is 0. The van der Waals surface area contributed by atoms with E-state index in [0.717, 1.165) is 17.9 Å². The first-order chi connectivity index (χ1) is 4.81. The molecule has 0 atom stereocenters. The Bertz CT molecular complexity index is 98.4. The van der Waals surface area contributed by atoms with Gasteiger partial charge in [0.25, 0.3) is 0 Å². The monoisotopic (exact) mass is 273 g/mol. The van der Waals surface area contributed by atoms with E-state index in [4.69, 9.17) is 4.74 Å². The first kappa shape index (κ1) is 14.1. The van der Waals surface area contributed by atoms with Crippen molar-refractivity contribution in [2.45, 2.75) is 31.2 Å². The van der Waals surface area contributed by atoms with Gasteiger partial charge >= 0.3 is 71.6 Å². The van der Waals surface area contributed by atoms with E-state index < -0.39 is 0 Å². The molecule has 11 heavy (non-hydrogen) atoms. The molecular formula is C7H14BrO2Zn. The summed E-state index contributed by atoms with van der Waals surface area (Å²) in [5, 5.41) is 1.00. The molecule has 0 rings (SSSR count). The molecule has 0 aromatic carbocycles. The minimum atomic E-state index is -0.0281. The predicted molar refractivity (Wildman–Crippen MR) is 45.6 cm³/mol. The molecule has 0 aliphatic heterocycles. The number of ether oxygens (including phenoxy) is 1. The van der Waals surface area contributed by atoms with E-state index in [2.05, 4.69) is 6.92 Å². The second-order valence-electron chi connectivity index (χ2n) is 2.18. The van der Waals surface area contributed by atoms with Gasteiger partial charge in [-0.2, -0.15) is 0 Å². The molecule has 0 saturated heterocycles. The van der Waals surface area contributed by atoms with Crippen molar-refractivity contribution in [2.75, 3.05) is 6.61 Å². The van der Waals surface area contributed by atoms with Crippen molar-refractivity contribution in [3.05, 3.63) is 0 Å². The molecule has 63 valence electrons. The Morgan fingerprint density at radius 2 is 2.18 bits per heavy atom. The van der Waals surface area contributed by atoms with Crippen LogP contribution in [0.3, 0.4) is 0 Å². The van der Waals surface area contributed by atoms with Crippen LogP contribution in [0.4, 0.5) is 0 Å². The zero-order valence-corrected chi connectivity index (χ0v) is 11.6. The molecule has 4 heteroatoms. The van der Waals surface area contributed by atoms with Gasteiger partial charge < -0.3 is 0 Å². The number of esters is 1. The number of carbonyl (C=O) groups is 1. The Morgan fingerprint density at radius 3 is 2.64 bits per heavy atom. The fraction of sp³-hybridized carbons (Fsp3) is 0.857. The van der Waals surface area contributed by atoms with Crippen LogP contribution < -0.4 is 0 Å². The quantitative estimate of drug-likeness (QED) is 0.437. The van der Waals surface area contributed by atoms with E-state index in [-0.39, 0.29) is 23.0 Å². The molecule has 2 nitrogen and oxygen atoms in total. The number of unbranched alkanes of at least 4 members (excludes halogenated alkanes) is 1. The molecule has 0 bridgehead atoms. The van der Waals surface area contributed by atoms with Gasteiger partial charge in [-0.3, -0.25) is 0 Å². The fourth-order valence-electron chi connectivity index (χ4n) is 0.547. The molecule has 0 unspecified atom stereocenters. The Hall–Kier alpha value is 0.573. The zero-order chi connectivity index (χ0) is 7.82. The minimum absolute atomic E-state index is 0. The first-order valence-electron chi connectivity index (χ1n) is 3.76. The number of hydrogen-bond donors (Lipinski definition) is 0. The molecular weight excluding hydrogens is 261 g/mol. The molecule has 0 aromatic heterocycles. The van der Waals surface area contributed by atoms with Crippen LogP contribution in [0, 0.1) is 0 Å². The van der Waals surface area contributed by atoms with Gasteiger partial charge in [0.1, 0.15) is 0 Å². The summed E-state index contributed by atoms with van der Waals surface area (Å²) < 4.78 is 4.90. The molecule has 0 aliphatic carbocycles. The van der Waals surface area contributed by atoms with Crippen molar-refractivity contribution in [3.8, 4) is 0 Å². The number of halogens is 1. The van der Waals surface area contributed by atoms with E-state index in [1.54, 1.807) is 0 Å². The second kappa shape index (κ2) is 10.6. The number of carbonyl (C=O) groups excluding carboxylic acids is 1. The standard InChI is InChI=1S/C7H13O2.BrH.Zn/c1-3-5-6-9-7(8)4-2;;/h2-6H2,1H3;1H;. The molecule has 0 spiro atoms. The Kier molecular flexibility index (Phi) is 13.6. The number of hydrogen-bond acceptors (Lipinski definition) is 2. The predicted octanol–water partition coefficient (Wildman–Crippen LogP) is 2.26. The van der Waals surface area contributed by atoms with Crippen LogP contribution in [-0.2, 0) is 27.8 Å². The molecule has 0 aliphatic rings. The van der Waals surface area contributed by atoms with E-state index in [0.29, 0.717) is 13.0 Å². The van der Waals surface area contributed by atoms with Gasteiger partial charge in [-0.15, -0.1) is 17.0 Å². The van der Waals surface area contributed by atoms with Crippen LogP contribution in [0.25, 0.3) is 0 Å². The summed E-state index contributed by atoms with van der Waals surface area (Å²) in [6.07, 6.45) is 2.70. The molecule has 0 heterocycles. The SMILES string of the molecule is Br.CCCCOC(=O)C[CH2][Zn]. The van der Waals surface area contributed by atoms with Crippen LogP contribution in [-0.4, -0.2) is 12.6 Å². The average Bonchev–Trinajstić information content (AvgIpc) is 1.89. The van der Waals surface area contributed by atoms with Crippen LogP contribution in [0.15, 0.2) is 0 Å². The van der Waals surface area contributed by atoms with Crippen molar-refractivity contribution in [1.82, 2.24) is 0 Å². The van der Waals surface area contributed by atoms with Crippen molar-refractivity contribution in [2.24, 2.45) is 0 Å². The van der Waals surface area contributed by atoms with Gasteiger partial charge in [-0.1, -0.05) is 0 Å². The molecule has 0 N–H and O–H groups in total. The summed E-state index contributed by atoms with van der Waals surface area (Å²) in [4.78, 5) is 10.7. The van der Waals surface area contributed by atoms with Crippen LogP contribution in [0.2, 0.25) is 5.02 Å². The number of rotatable bonds is 5. The van der Waals surface area contributed by atoms with E-state index in [1.807, 2.05) is 0 Å². The molecule has 0 aromatic rings. The van der Waals surface area contributed by atoms with Crippen LogP contribution in [0.5, 0.6) is 0 Å². The summed E-state index contributed by atoms with van der Waals surface area (Å²) in [5.74, 6) is -0.0281. The molecule has 0 saturated carbocycles. The average molecular weight is 275 g/mol. The van der Waals surface area contributed by atoms with Crippen molar-refractivity contribution in [3.63, 3.8) is 0 Å². The Labute approximate surface area is 88.5 Å². The second-order valence-corrected chi connectivity index (χ2v) is 3.66. The Balaban J connectivity index is 0. The summed E-state index contributed by atoms with van der Waals surface area (Å²) in [6, 6.07) is 0. The fourth-order valence-corrected chi connectivity index (χ4v) is 1.15. The van der Waals surface area contributed by atoms with Crippen molar-refractivity contribution >= 4 is 23.0 Å². The van der Waals surface area contributed by atoms with Crippen LogP contribution >= 0.6 is 17.0 Å².